The van der Waals surface area contributed by atoms with Crippen molar-refractivity contribution in [1.29, 1.82) is 5.26 Å². The maximum Gasteiger partial charge on any atom is 0.407 e. The number of ketones is 1. The molecule has 2 unspecified atom stereocenters. The summed E-state index contributed by atoms with van der Waals surface area (Å²) in [7, 11) is 0. The lowest BCUT2D eigenvalue weighted by atomic mass is 9.48. The largest absolute Gasteiger partial charge is 0.444 e. The number of rotatable bonds is 1. The fraction of sp³-hybridized carbons (Fsp3) is 0.842. The van der Waals surface area contributed by atoms with E-state index in [1.807, 2.05) is 34.6 Å². The summed E-state index contributed by atoms with van der Waals surface area (Å²) in [5, 5.41) is 12.4. The van der Waals surface area contributed by atoms with Crippen molar-refractivity contribution in [3.05, 3.63) is 0 Å². The zero-order chi connectivity index (χ0) is 18.3. The summed E-state index contributed by atoms with van der Waals surface area (Å²) in [5.41, 5.74) is -1.11. The van der Waals surface area contributed by atoms with Gasteiger partial charge in [-0.3, -0.25) is 4.79 Å². The predicted octanol–water partition coefficient (Wildman–Crippen LogP) is 3.82. The molecular formula is C19H30N2O3. The molecule has 0 radical (unpaired) electrons. The number of nitriles is 1. The highest BCUT2D eigenvalue weighted by Crippen LogP contribution is 2.57. The van der Waals surface area contributed by atoms with Crippen molar-refractivity contribution in [2.45, 2.75) is 78.9 Å². The van der Waals surface area contributed by atoms with Crippen LogP contribution in [0.25, 0.3) is 0 Å². The summed E-state index contributed by atoms with van der Waals surface area (Å²) >= 11 is 0. The van der Waals surface area contributed by atoms with Crippen molar-refractivity contribution in [1.82, 2.24) is 5.32 Å². The molecule has 0 aromatic heterocycles. The molecule has 0 saturated heterocycles. The zero-order valence-corrected chi connectivity index (χ0v) is 15.7. The summed E-state index contributed by atoms with van der Waals surface area (Å²) in [6, 6.07) is 2.22. The van der Waals surface area contributed by atoms with E-state index in [0.29, 0.717) is 6.42 Å². The molecular weight excluding hydrogens is 304 g/mol. The van der Waals surface area contributed by atoms with Crippen LogP contribution in [0.5, 0.6) is 0 Å². The van der Waals surface area contributed by atoms with E-state index in [2.05, 4.69) is 18.3 Å². The maximum atomic E-state index is 12.6. The van der Waals surface area contributed by atoms with Crippen molar-refractivity contribution < 1.29 is 14.3 Å². The molecule has 5 nitrogen and oxygen atoms in total. The number of hydrogen-bond acceptors (Lipinski definition) is 4. The minimum absolute atomic E-state index is 0.0319. The molecule has 2 saturated carbocycles. The van der Waals surface area contributed by atoms with Crippen LogP contribution in [0.3, 0.4) is 0 Å². The van der Waals surface area contributed by atoms with E-state index in [-0.39, 0.29) is 23.2 Å². The normalized spacial score (nSPS) is 35.5. The Morgan fingerprint density at radius 1 is 1.25 bits per heavy atom. The van der Waals surface area contributed by atoms with E-state index >= 15 is 0 Å². The number of Topliss-reactive ketones (excluding diaryl/α,β-unsaturated/α-hetero) is 1. The first kappa shape index (κ1) is 18.8. The van der Waals surface area contributed by atoms with Crippen molar-refractivity contribution in [3.63, 3.8) is 0 Å². The SMILES string of the molecule is CC(C)(C)OC(=O)NC1CC[C@H]2C(C)(C)C(=O)C(C#N)C[C@]2(C)C1. The van der Waals surface area contributed by atoms with Gasteiger partial charge in [0.1, 0.15) is 11.5 Å². The van der Waals surface area contributed by atoms with Crippen LogP contribution >= 0.6 is 0 Å². The monoisotopic (exact) mass is 334 g/mol. The molecule has 134 valence electrons. The van der Waals surface area contributed by atoms with Gasteiger partial charge in [-0.2, -0.15) is 5.26 Å². The first-order chi connectivity index (χ1) is 10.9. The fourth-order valence-corrected chi connectivity index (χ4v) is 4.86. The lowest BCUT2D eigenvalue weighted by molar-refractivity contribution is -0.147. The summed E-state index contributed by atoms with van der Waals surface area (Å²) in [4.78, 5) is 24.6. The topological polar surface area (TPSA) is 79.2 Å². The molecule has 0 aromatic rings. The number of carbonyl (C=O) groups excluding carboxylic acids is 2. The number of fused-ring (bicyclic) bond motifs is 1. The standard InChI is InChI=1S/C19H30N2O3/c1-17(2,3)24-16(23)21-13-7-8-14-18(4,5)15(22)12(11-20)9-19(14,6)10-13/h12-14H,7-10H2,1-6H3,(H,21,23)/t12?,13?,14-,19+/m0/s1. The quantitative estimate of drug-likeness (QED) is 0.790. The van der Waals surface area contributed by atoms with Gasteiger partial charge in [0.25, 0.3) is 0 Å². The Labute approximate surface area is 145 Å². The first-order valence-corrected chi connectivity index (χ1v) is 8.82. The van der Waals surface area contributed by atoms with Crippen molar-refractivity contribution in [3.8, 4) is 6.07 Å². The lowest BCUT2D eigenvalue weighted by Gasteiger charge is -2.55. The molecule has 0 heterocycles. The van der Waals surface area contributed by atoms with Crippen LogP contribution in [0.4, 0.5) is 4.79 Å². The molecule has 24 heavy (non-hydrogen) atoms. The van der Waals surface area contributed by atoms with Crippen LogP contribution in [0.2, 0.25) is 0 Å². The van der Waals surface area contributed by atoms with Gasteiger partial charge in [0.2, 0.25) is 0 Å². The summed E-state index contributed by atoms with van der Waals surface area (Å²) in [6.45, 7) is 11.7. The molecule has 2 aliphatic carbocycles. The fourth-order valence-electron chi connectivity index (χ4n) is 4.86. The molecule has 5 heteroatoms. The Morgan fingerprint density at radius 2 is 1.88 bits per heavy atom. The number of hydrogen-bond donors (Lipinski definition) is 1. The second-order valence-electron chi connectivity index (χ2n) is 9.30. The third-order valence-corrected chi connectivity index (χ3v) is 5.73. The molecule has 1 N–H and O–H groups in total. The van der Waals surface area contributed by atoms with E-state index in [1.165, 1.54) is 0 Å². The highest BCUT2D eigenvalue weighted by molar-refractivity contribution is 5.89. The summed E-state index contributed by atoms with van der Waals surface area (Å²) < 4.78 is 5.35. The predicted molar refractivity (Wildman–Crippen MR) is 91.1 cm³/mol. The average Bonchev–Trinajstić information content (AvgIpc) is 2.40. The molecule has 0 aliphatic heterocycles. The Balaban J connectivity index is 2.12. The number of amides is 1. The second-order valence-corrected chi connectivity index (χ2v) is 9.30. The van der Waals surface area contributed by atoms with Gasteiger partial charge in [-0.1, -0.05) is 20.8 Å². The van der Waals surface area contributed by atoms with Gasteiger partial charge < -0.3 is 10.1 Å². The number of ether oxygens (including phenoxy) is 1. The summed E-state index contributed by atoms with van der Waals surface area (Å²) in [5.74, 6) is -0.216. The summed E-state index contributed by atoms with van der Waals surface area (Å²) in [6.07, 6.45) is 2.70. The Kier molecular flexibility index (Phi) is 4.74. The van der Waals surface area contributed by atoms with E-state index in [1.54, 1.807) is 0 Å². The van der Waals surface area contributed by atoms with E-state index in [4.69, 9.17) is 4.74 Å². The third-order valence-electron chi connectivity index (χ3n) is 5.73. The maximum absolute atomic E-state index is 12.6. The van der Waals surface area contributed by atoms with Crippen molar-refractivity contribution in [2.75, 3.05) is 0 Å². The number of alkyl carbamates (subject to hydrolysis) is 1. The molecule has 2 aliphatic rings. The number of carbonyl (C=O) groups is 2. The van der Waals surface area contributed by atoms with Crippen LogP contribution in [0.15, 0.2) is 0 Å². The van der Waals surface area contributed by atoms with Crippen molar-refractivity contribution in [2.24, 2.45) is 22.7 Å². The van der Waals surface area contributed by atoms with Crippen LogP contribution in [-0.2, 0) is 9.53 Å². The minimum atomic E-state index is -0.540. The smallest absolute Gasteiger partial charge is 0.407 e. The van der Waals surface area contributed by atoms with Crippen LogP contribution in [0.1, 0.15) is 67.2 Å². The Hall–Kier alpha value is -1.57. The van der Waals surface area contributed by atoms with Gasteiger partial charge in [0.15, 0.2) is 5.78 Å². The van der Waals surface area contributed by atoms with Crippen LogP contribution < -0.4 is 5.32 Å². The Morgan fingerprint density at radius 3 is 2.42 bits per heavy atom. The van der Waals surface area contributed by atoms with Gasteiger partial charge >= 0.3 is 6.09 Å². The third kappa shape index (κ3) is 3.58. The molecule has 4 atom stereocenters. The Bertz CT molecular complexity index is 570. The van der Waals surface area contributed by atoms with Gasteiger partial charge in [0, 0.05) is 11.5 Å². The van der Waals surface area contributed by atoms with Crippen LogP contribution in [0, 0.1) is 34.0 Å². The number of nitrogens with zero attached hydrogens (tertiary/aromatic N) is 1. The minimum Gasteiger partial charge on any atom is -0.444 e. The highest BCUT2D eigenvalue weighted by Gasteiger charge is 2.56. The van der Waals surface area contributed by atoms with Crippen molar-refractivity contribution >= 4 is 11.9 Å². The number of nitrogens with one attached hydrogen (secondary N) is 1. The van der Waals surface area contributed by atoms with Gasteiger partial charge in [-0.25, -0.2) is 4.79 Å². The average molecular weight is 334 g/mol. The van der Waals surface area contributed by atoms with Crippen LogP contribution in [-0.4, -0.2) is 23.5 Å². The molecule has 0 bridgehead atoms. The van der Waals surface area contributed by atoms with E-state index < -0.39 is 23.0 Å². The molecule has 0 spiro atoms. The molecule has 1 amide bonds. The van der Waals surface area contributed by atoms with Gasteiger partial charge in [-0.05, 0) is 57.8 Å². The van der Waals surface area contributed by atoms with E-state index in [9.17, 15) is 14.9 Å². The lowest BCUT2D eigenvalue weighted by Crippen LogP contribution is -2.56. The zero-order valence-electron chi connectivity index (χ0n) is 15.7. The van der Waals surface area contributed by atoms with Gasteiger partial charge in [0.05, 0.1) is 6.07 Å². The highest BCUT2D eigenvalue weighted by atomic mass is 16.6. The molecule has 2 fully saturated rings. The first-order valence-electron chi connectivity index (χ1n) is 8.82. The molecule has 0 aromatic carbocycles. The second kappa shape index (κ2) is 6.06. The van der Waals surface area contributed by atoms with Gasteiger partial charge in [-0.15, -0.1) is 0 Å². The molecule has 2 rings (SSSR count). The van der Waals surface area contributed by atoms with E-state index in [0.717, 1.165) is 19.3 Å².